The summed E-state index contributed by atoms with van der Waals surface area (Å²) in [7, 11) is -3.42. The largest absolute Gasteiger partial charge is 0.383 e. The standard InChI is InChI=1S/C22H30N2O2S/c1-15(2)23-21-9-7-19(8-10-21)22-14-17(5)20(13-18(22)6)11-12-27(25,26)24-16(3)4/h7-16,23-24H,1-6H3. The molecule has 5 heteroatoms. The second-order valence-corrected chi connectivity index (χ2v) is 9.12. The molecule has 0 saturated heterocycles. The van der Waals surface area contributed by atoms with E-state index in [9.17, 15) is 8.42 Å². The lowest BCUT2D eigenvalue weighted by molar-refractivity contribution is 0.579. The SMILES string of the molecule is Cc1cc(-c2ccc(NC(C)C)cc2)c(C)cc1C=CS(=O)(=O)NC(C)C. The molecule has 0 radical (unpaired) electrons. The van der Waals surface area contributed by atoms with Crippen LogP contribution in [-0.2, 0) is 10.0 Å². The Balaban J connectivity index is 2.29. The van der Waals surface area contributed by atoms with Crippen LogP contribution in [0.2, 0.25) is 0 Å². The number of nitrogens with one attached hydrogen (secondary N) is 2. The van der Waals surface area contributed by atoms with Crippen molar-refractivity contribution < 1.29 is 8.42 Å². The maximum Gasteiger partial charge on any atom is 0.233 e. The van der Waals surface area contributed by atoms with Gasteiger partial charge in [-0.2, -0.15) is 0 Å². The first-order valence-corrected chi connectivity index (χ1v) is 10.8. The van der Waals surface area contributed by atoms with Crippen LogP contribution >= 0.6 is 0 Å². The van der Waals surface area contributed by atoms with Crippen molar-refractivity contribution in [3.05, 3.63) is 58.5 Å². The van der Waals surface area contributed by atoms with Gasteiger partial charge in [-0.05, 0) is 87.6 Å². The van der Waals surface area contributed by atoms with Crippen molar-refractivity contribution in [1.82, 2.24) is 4.72 Å². The Bertz CT molecular complexity index is 912. The first-order chi connectivity index (χ1) is 12.6. The van der Waals surface area contributed by atoms with Crippen LogP contribution < -0.4 is 10.0 Å². The van der Waals surface area contributed by atoms with E-state index < -0.39 is 10.0 Å². The monoisotopic (exact) mass is 386 g/mol. The molecule has 2 rings (SSSR count). The van der Waals surface area contributed by atoms with Crippen molar-refractivity contribution >= 4 is 21.8 Å². The Morgan fingerprint density at radius 1 is 0.889 bits per heavy atom. The lowest BCUT2D eigenvalue weighted by Gasteiger charge is -2.13. The zero-order valence-electron chi connectivity index (χ0n) is 17.0. The molecule has 0 bridgehead atoms. The molecule has 0 aromatic heterocycles. The number of rotatable bonds is 7. The summed E-state index contributed by atoms with van der Waals surface area (Å²) in [6.45, 7) is 11.9. The molecule has 27 heavy (non-hydrogen) atoms. The van der Waals surface area contributed by atoms with Crippen molar-refractivity contribution in [2.75, 3.05) is 5.32 Å². The summed E-state index contributed by atoms with van der Waals surface area (Å²) in [4.78, 5) is 0. The fraction of sp³-hybridized carbons (Fsp3) is 0.364. The average molecular weight is 387 g/mol. The van der Waals surface area contributed by atoms with E-state index in [1.165, 1.54) is 5.41 Å². The van der Waals surface area contributed by atoms with Crippen LogP contribution in [0.5, 0.6) is 0 Å². The lowest BCUT2D eigenvalue weighted by Crippen LogP contribution is -2.28. The Morgan fingerprint density at radius 3 is 2.07 bits per heavy atom. The number of benzene rings is 2. The van der Waals surface area contributed by atoms with Gasteiger partial charge in [-0.3, -0.25) is 0 Å². The van der Waals surface area contributed by atoms with E-state index in [-0.39, 0.29) is 6.04 Å². The van der Waals surface area contributed by atoms with Crippen molar-refractivity contribution in [2.24, 2.45) is 0 Å². The highest BCUT2D eigenvalue weighted by molar-refractivity contribution is 7.92. The highest BCUT2D eigenvalue weighted by atomic mass is 32.2. The highest BCUT2D eigenvalue weighted by Crippen LogP contribution is 2.28. The lowest BCUT2D eigenvalue weighted by atomic mass is 9.95. The zero-order chi connectivity index (χ0) is 20.2. The summed E-state index contributed by atoms with van der Waals surface area (Å²) in [5.74, 6) is 0. The van der Waals surface area contributed by atoms with E-state index in [4.69, 9.17) is 0 Å². The van der Waals surface area contributed by atoms with Crippen molar-refractivity contribution in [3.8, 4) is 11.1 Å². The molecule has 146 valence electrons. The Hall–Kier alpha value is -2.11. The minimum Gasteiger partial charge on any atom is -0.383 e. The van der Waals surface area contributed by atoms with Crippen LogP contribution in [0.4, 0.5) is 5.69 Å². The molecule has 2 aromatic carbocycles. The predicted molar refractivity (Wildman–Crippen MR) is 116 cm³/mol. The average Bonchev–Trinajstić information content (AvgIpc) is 2.54. The molecule has 0 heterocycles. The first-order valence-electron chi connectivity index (χ1n) is 9.26. The van der Waals surface area contributed by atoms with E-state index in [1.54, 1.807) is 19.9 Å². The number of hydrogen-bond acceptors (Lipinski definition) is 3. The molecule has 0 atom stereocenters. The fourth-order valence-electron chi connectivity index (χ4n) is 2.94. The molecule has 0 aliphatic heterocycles. The van der Waals surface area contributed by atoms with Crippen LogP contribution in [0.15, 0.2) is 41.8 Å². The van der Waals surface area contributed by atoms with Gasteiger partial charge in [0.05, 0.1) is 0 Å². The Morgan fingerprint density at radius 2 is 1.52 bits per heavy atom. The van der Waals surface area contributed by atoms with Crippen LogP contribution in [0.3, 0.4) is 0 Å². The van der Waals surface area contributed by atoms with E-state index in [2.05, 4.69) is 54.2 Å². The number of anilines is 1. The van der Waals surface area contributed by atoms with Gasteiger partial charge >= 0.3 is 0 Å². The normalized spacial score (nSPS) is 12.3. The molecule has 0 unspecified atom stereocenters. The summed E-state index contributed by atoms with van der Waals surface area (Å²) in [6, 6.07) is 12.8. The van der Waals surface area contributed by atoms with E-state index in [0.717, 1.165) is 33.5 Å². The summed E-state index contributed by atoms with van der Waals surface area (Å²) >= 11 is 0. The summed E-state index contributed by atoms with van der Waals surface area (Å²) in [5.41, 5.74) is 6.46. The third kappa shape index (κ3) is 6.22. The van der Waals surface area contributed by atoms with Gasteiger partial charge in [0.2, 0.25) is 10.0 Å². The molecular formula is C22H30N2O2S. The molecule has 4 nitrogen and oxygen atoms in total. The van der Waals surface area contributed by atoms with E-state index in [0.29, 0.717) is 6.04 Å². The maximum absolute atomic E-state index is 12.0. The molecule has 0 amide bonds. The van der Waals surface area contributed by atoms with Gasteiger partial charge in [-0.25, -0.2) is 13.1 Å². The molecule has 0 aliphatic rings. The molecule has 2 aromatic rings. The summed E-state index contributed by atoms with van der Waals surface area (Å²) in [5, 5.41) is 4.63. The van der Waals surface area contributed by atoms with Gasteiger partial charge in [0.1, 0.15) is 0 Å². The van der Waals surface area contributed by atoms with Gasteiger partial charge in [0.15, 0.2) is 0 Å². The van der Waals surface area contributed by atoms with Gasteiger partial charge in [0, 0.05) is 23.2 Å². The molecule has 0 spiro atoms. The third-order valence-corrected chi connectivity index (χ3v) is 5.39. The predicted octanol–water partition coefficient (Wildman–Crippen LogP) is 5.09. The van der Waals surface area contributed by atoms with Crippen molar-refractivity contribution in [3.63, 3.8) is 0 Å². The van der Waals surface area contributed by atoms with Crippen molar-refractivity contribution in [1.29, 1.82) is 0 Å². The number of hydrogen-bond donors (Lipinski definition) is 2. The molecular weight excluding hydrogens is 356 g/mol. The Labute approximate surface area is 163 Å². The minimum absolute atomic E-state index is 0.127. The highest BCUT2D eigenvalue weighted by Gasteiger charge is 2.09. The second-order valence-electron chi connectivity index (χ2n) is 7.52. The van der Waals surface area contributed by atoms with Gasteiger partial charge in [0.25, 0.3) is 0 Å². The Kier molecular flexibility index (Phi) is 6.84. The number of aryl methyl sites for hydroxylation is 2. The number of sulfonamides is 1. The maximum atomic E-state index is 12.0. The van der Waals surface area contributed by atoms with E-state index >= 15 is 0 Å². The van der Waals surface area contributed by atoms with Gasteiger partial charge < -0.3 is 5.32 Å². The van der Waals surface area contributed by atoms with Crippen LogP contribution in [0, 0.1) is 13.8 Å². The molecule has 2 N–H and O–H groups in total. The topological polar surface area (TPSA) is 58.2 Å². The van der Waals surface area contributed by atoms with Crippen LogP contribution in [-0.4, -0.2) is 20.5 Å². The van der Waals surface area contributed by atoms with Crippen LogP contribution in [0.25, 0.3) is 17.2 Å². The minimum atomic E-state index is -3.42. The molecule has 0 fully saturated rings. The summed E-state index contributed by atoms with van der Waals surface area (Å²) in [6.07, 6.45) is 1.66. The third-order valence-electron chi connectivity index (χ3n) is 4.09. The van der Waals surface area contributed by atoms with Gasteiger partial charge in [-0.1, -0.05) is 24.3 Å². The van der Waals surface area contributed by atoms with Crippen molar-refractivity contribution in [2.45, 2.75) is 53.6 Å². The van der Waals surface area contributed by atoms with Crippen LogP contribution in [0.1, 0.15) is 44.4 Å². The smallest absolute Gasteiger partial charge is 0.233 e. The second kappa shape index (κ2) is 8.72. The van der Waals surface area contributed by atoms with Gasteiger partial charge in [-0.15, -0.1) is 0 Å². The quantitative estimate of drug-likeness (QED) is 0.697. The zero-order valence-corrected chi connectivity index (χ0v) is 17.8. The molecule has 0 aliphatic carbocycles. The first kappa shape index (κ1) is 21.2. The summed E-state index contributed by atoms with van der Waals surface area (Å²) < 4.78 is 26.6. The fourth-order valence-corrected chi connectivity index (χ4v) is 4.00. The molecule has 0 saturated carbocycles. The van der Waals surface area contributed by atoms with E-state index in [1.807, 2.05) is 19.9 Å².